The summed E-state index contributed by atoms with van der Waals surface area (Å²) in [4.78, 5) is 0.427. The smallest absolute Gasteiger partial charge is 0.188 e. The first-order valence-electron chi connectivity index (χ1n) is 7.29. The third-order valence-corrected chi connectivity index (χ3v) is 7.36. The van der Waals surface area contributed by atoms with E-state index in [4.69, 9.17) is 0 Å². The number of hydrogen-bond donors (Lipinski definition) is 0. The number of rotatable bonds is 3. The fourth-order valence-corrected chi connectivity index (χ4v) is 5.72. The van der Waals surface area contributed by atoms with Gasteiger partial charge in [0.1, 0.15) is 4.75 Å². The van der Waals surface area contributed by atoms with E-state index in [2.05, 4.69) is 0 Å². The van der Waals surface area contributed by atoms with Crippen molar-refractivity contribution >= 4 is 9.84 Å². The Balaban J connectivity index is 2.18. The molecule has 2 aromatic carbocycles. The summed E-state index contributed by atoms with van der Waals surface area (Å²) in [6, 6.07) is 15.1. The number of hydrogen-bond acceptors (Lipinski definition) is 2. The highest BCUT2D eigenvalue weighted by molar-refractivity contribution is 7.92. The molecule has 0 bridgehead atoms. The first kappa shape index (κ1) is 14.3. The zero-order valence-corrected chi connectivity index (χ0v) is 13.4. The van der Waals surface area contributed by atoms with Gasteiger partial charge in [-0.2, -0.15) is 0 Å². The monoisotopic (exact) mass is 300 g/mol. The van der Waals surface area contributed by atoms with Crippen molar-refractivity contribution in [1.29, 1.82) is 0 Å². The summed E-state index contributed by atoms with van der Waals surface area (Å²) in [6.07, 6.45) is 0.608. The molecular formula is C18H20O2S. The molecule has 0 aromatic heterocycles. The SMILES string of the molecule is Cc1ccc(S(=O)(=O)C2(C(C)C)Cc3ccccc32)cc1. The van der Waals surface area contributed by atoms with E-state index in [-0.39, 0.29) is 5.92 Å². The van der Waals surface area contributed by atoms with Crippen LogP contribution in [0.5, 0.6) is 0 Å². The van der Waals surface area contributed by atoms with E-state index in [0.29, 0.717) is 11.3 Å². The van der Waals surface area contributed by atoms with Gasteiger partial charge in [-0.15, -0.1) is 0 Å². The molecule has 0 saturated heterocycles. The van der Waals surface area contributed by atoms with E-state index in [0.717, 1.165) is 16.7 Å². The second kappa shape index (κ2) is 4.70. The summed E-state index contributed by atoms with van der Waals surface area (Å²) in [5.74, 6) is 0.0405. The van der Waals surface area contributed by atoms with Crippen LogP contribution in [0.25, 0.3) is 0 Å². The van der Waals surface area contributed by atoms with Gasteiger partial charge in [0, 0.05) is 0 Å². The summed E-state index contributed by atoms with van der Waals surface area (Å²) >= 11 is 0. The number of fused-ring (bicyclic) bond motifs is 1. The van der Waals surface area contributed by atoms with Gasteiger partial charge in [0.25, 0.3) is 0 Å². The largest absolute Gasteiger partial charge is 0.223 e. The Bertz CT molecular complexity index is 773. The molecule has 2 aromatic rings. The molecule has 0 saturated carbocycles. The molecule has 1 unspecified atom stereocenters. The van der Waals surface area contributed by atoms with Crippen LogP contribution in [0.3, 0.4) is 0 Å². The number of sulfone groups is 1. The van der Waals surface area contributed by atoms with Crippen LogP contribution in [0.1, 0.15) is 30.5 Å². The molecule has 0 amide bonds. The molecule has 0 N–H and O–H groups in total. The molecule has 0 heterocycles. The van der Waals surface area contributed by atoms with Gasteiger partial charge in [0.2, 0.25) is 0 Å². The molecule has 1 aliphatic rings. The van der Waals surface area contributed by atoms with Crippen LogP contribution in [0.15, 0.2) is 53.4 Å². The standard InChI is InChI=1S/C18H20O2S/c1-13(2)18(12-15-6-4-5-7-17(15)18)21(19,20)16-10-8-14(3)9-11-16/h4-11,13H,12H2,1-3H3. The maximum atomic E-state index is 13.3. The maximum absolute atomic E-state index is 13.3. The van der Waals surface area contributed by atoms with Gasteiger partial charge in [-0.3, -0.25) is 0 Å². The average molecular weight is 300 g/mol. The first-order valence-corrected chi connectivity index (χ1v) is 8.77. The molecule has 1 atom stereocenters. The molecule has 3 heteroatoms. The lowest BCUT2D eigenvalue weighted by molar-refractivity contribution is 0.368. The Morgan fingerprint density at radius 2 is 1.62 bits per heavy atom. The number of benzene rings is 2. The Morgan fingerprint density at radius 3 is 2.19 bits per heavy atom. The fraction of sp³-hybridized carbons (Fsp3) is 0.333. The fourth-order valence-electron chi connectivity index (χ4n) is 3.35. The molecule has 110 valence electrons. The molecule has 0 fully saturated rings. The lowest BCUT2D eigenvalue weighted by atomic mass is 9.71. The van der Waals surface area contributed by atoms with Crippen molar-refractivity contribution in [3.63, 3.8) is 0 Å². The van der Waals surface area contributed by atoms with Crippen molar-refractivity contribution < 1.29 is 8.42 Å². The van der Waals surface area contributed by atoms with Crippen molar-refractivity contribution in [3.05, 3.63) is 65.2 Å². The Labute approximate surface area is 126 Å². The minimum atomic E-state index is -3.39. The third kappa shape index (κ3) is 1.87. The van der Waals surface area contributed by atoms with E-state index >= 15 is 0 Å². The summed E-state index contributed by atoms with van der Waals surface area (Å²) in [6.45, 7) is 5.97. The lowest BCUT2D eigenvalue weighted by Crippen LogP contribution is -2.50. The summed E-state index contributed by atoms with van der Waals surface area (Å²) in [7, 11) is -3.39. The van der Waals surface area contributed by atoms with Crippen LogP contribution in [-0.4, -0.2) is 8.42 Å². The van der Waals surface area contributed by atoms with Gasteiger partial charge in [-0.25, -0.2) is 8.42 Å². The van der Waals surface area contributed by atoms with Crippen molar-refractivity contribution in [1.82, 2.24) is 0 Å². The van der Waals surface area contributed by atoms with E-state index in [1.807, 2.05) is 57.2 Å². The molecule has 2 nitrogen and oxygen atoms in total. The zero-order valence-electron chi connectivity index (χ0n) is 12.6. The van der Waals surface area contributed by atoms with Crippen molar-refractivity contribution in [2.75, 3.05) is 0 Å². The highest BCUT2D eigenvalue weighted by Gasteiger charge is 2.55. The topological polar surface area (TPSA) is 34.1 Å². The van der Waals surface area contributed by atoms with E-state index in [1.54, 1.807) is 12.1 Å². The summed E-state index contributed by atoms with van der Waals surface area (Å²) in [5, 5.41) is 0. The van der Waals surface area contributed by atoms with Crippen molar-refractivity contribution in [2.24, 2.45) is 5.92 Å². The predicted molar refractivity (Wildman–Crippen MR) is 85.0 cm³/mol. The quantitative estimate of drug-likeness (QED) is 0.862. The third-order valence-electron chi connectivity index (χ3n) is 4.67. The van der Waals surface area contributed by atoms with Gasteiger partial charge >= 0.3 is 0 Å². The summed E-state index contributed by atoms with van der Waals surface area (Å²) < 4.78 is 25.7. The van der Waals surface area contributed by atoms with Gasteiger partial charge in [-0.1, -0.05) is 55.8 Å². The average Bonchev–Trinajstić information content (AvgIpc) is 2.40. The van der Waals surface area contributed by atoms with E-state index in [1.165, 1.54) is 0 Å². The second-order valence-corrected chi connectivity index (χ2v) is 8.40. The van der Waals surface area contributed by atoms with Gasteiger partial charge in [0.05, 0.1) is 4.90 Å². The van der Waals surface area contributed by atoms with Crippen molar-refractivity contribution in [3.8, 4) is 0 Å². The van der Waals surface area contributed by atoms with Crippen LogP contribution >= 0.6 is 0 Å². The van der Waals surface area contributed by atoms with E-state index in [9.17, 15) is 8.42 Å². The lowest BCUT2D eigenvalue weighted by Gasteiger charge is -2.46. The highest BCUT2D eigenvalue weighted by atomic mass is 32.2. The summed E-state index contributed by atoms with van der Waals surface area (Å²) in [5.41, 5.74) is 3.20. The Kier molecular flexibility index (Phi) is 3.21. The molecule has 0 aliphatic heterocycles. The van der Waals surface area contributed by atoms with Gasteiger partial charge in [0.15, 0.2) is 9.84 Å². The van der Waals surface area contributed by atoms with Gasteiger partial charge in [-0.05, 0) is 42.5 Å². The minimum Gasteiger partial charge on any atom is -0.223 e. The molecule has 0 spiro atoms. The first-order chi connectivity index (χ1) is 9.89. The maximum Gasteiger partial charge on any atom is 0.188 e. The predicted octanol–water partition coefficient (Wildman–Crippen LogP) is 3.88. The van der Waals surface area contributed by atoms with Crippen LogP contribution in [0, 0.1) is 12.8 Å². The van der Waals surface area contributed by atoms with Crippen LogP contribution in [-0.2, 0) is 21.0 Å². The molecule has 1 aliphatic carbocycles. The molecule has 21 heavy (non-hydrogen) atoms. The minimum absolute atomic E-state index is 0.0405. The molecule has 0 radical (unpaired) electrons. The molecule has 3 rings (SSSR count). The van der Waals surface area contributed by atoms with Crippen molar-refractivity contribution in [2.45, 2.75) is 36.8 Å². The Morgan fingerprint density at radius 1 is 1.00 bits per heavy atom. The van der Waals surface area contributed by atoms with Gasteiger partial charge < -0.3 is 0 Å². The van der Waals surface area contributed by atoms with Crippen LogP contribution in [0.2, 0.25) is 0 Å². The highest BCUT2D eigenvalue weighted by Crippen LogP contribution is 2.52. The number of aryl methyl sites for hydroxylation is 1. The van der Waals surface area contributed by atoms with Crippen LogP contribution < -0.4 is 0 Å². The zero-order chi connectivity index (χ0) is 15.3. The second-order valence-electron chi connectivity index (χ2n) is 6.19. The Hall–Kier alpha value is -1.61. The normalized spacial score (nSPS) is 21.0. The van der Waals surface area contributed by atoms with Crippen LogP contribution in [0.4, 0.5) is 0 Å². The molecular weight excluding hydrogens is 280 g/mol. The van der Waals surface area contributed by atoms with E-state index < -0.39 is 14.6 Å².